The van der Waals surface area contributed by atoms with Crippen molar-refractivity contribution in [3.05, 3.63) is 58.7 Å². The lowest BCUT2D eigenvalue weighted by Crippen LogP contribution is -2.19. The Bertz CT molecular complexity index is 1010. The number of fused-ring (bicyclic) bond motifs is 1. The number of hydrogen-bond acceptors (Lipinski definition) is 4. The molecule has 0 aromatic heterocycles. The van der Waals surface area contributed by atoms with Crippen LogP contribution in [0, 0.1) is 6.92 Å². The molecule has 0 saturated heterocycles. The fourth-order valence-electron chi connectivity index (χ4n) is 3.34. The molecule has 0 atom stereocenters. The first kappa shape index (κ1) is 19.1. The van der Waals surface area contributed by atoms with Crippen LogP contribution >= 0.6 is 0 Å². The van der Waals surface area contributed by atoms with Crippen molar-refractivity contribution in [2.24, 2.45) is 5.73 Å². The summed E-state index contributed by atoms with van der Waals surface area (Å²) in [5.41, 5.74) is 8.91. The number of carbonyl (C=O) groups is 2. The number of benzene rings is 2. The number of anilines is 1. The van der Waals surface area contributed by atoms with E-state index in [2.05, 4.69) is 5.32 Å². The van der Waals surface area contributed by atoms with Crippen molar-refractivity contribution in [2.45, 2.75) is 37.5 Å². The summed E-state index contributed by atoms with van der Waals surface area (Å²) in [6.07, 6.45) is 2.76. The predicted molar refractivity (Wildman–Crippen MR) is 103 cm³/mol. The van der Waals surface area contributed by atoms with Crippen LogP contribution in [0.15, 0.2) is 41.3 Å². The average molecular weight is 386 g/mol. The molecule has 1 aliphatic carbocycles. The number of amides is 2. The molecule has 6 nitrogen and oxygen atoms in total. The third-order valence-electron chi connectivity index (χ3n) is 4.90. The normalized spacial score (nSPS) is 13.2. The predicted octanol–water partition coefficient (Wildman–Crippen LogP) is 2.39. The van der Waals surface area contributed by atoms with E-state index in [1.807, 2.05) is 6.07 Å². The molecule has 1 aliphatic rings. The van der Waals surface area contributed by atoms with Crippen LogP contribution < -0.4 is 11.1 Å². The van der Waals surface area contributed by atoms with Crippen LogP contribution in [0.2, 0.25) is 0 Å². The molecule has 3 rings (SSSR count). The number of sulfone groups is 1. The van der Waals surface area contributed by atoms with Gasteiger partial charge in [0.1, 0.15) is 0 Å². The van der Waals surface area contributed by atoms with Crippen molar-refractivity contribution >= 4 is 27.3 Å². The quantitative estimate of drug-likeness (QED) is 0.795. The molecule has 0 aliphatic heterocycles. The van der Waals surface area contributed by atoms with Crippen molar-refractivity contribution < 1.29 is 18.0 Å². The fourth-order valence-corrected chi connectivity index (χ4v) is 4.62. The Balaban J connectivity index is 1.67. The maximum Gasteiger partial charge on any atom is 0.249 e. The van der Waals surface area contributed by atoms with Gasteiger partial charge in [-0.3, -0.25) is 9.59 Å². The van der Waals surface area contributed by atoms with E-state index in [0.29, 0.717) is 16.8 Å². The molecule has 7 heteroatoms. The number of aryl methyl sites for hydroxylation is 2. The number of nitrogens with one attached hydrogen (secondary N) is 1. The van der Waals surface area contributed by atoms with Crippen molar-refractivity contribution in [3.63, 3.8) is 0 Å². The molecule has 142 valence electrons. The summed E-state index contributed by atoms with van der Waals surface area (Å²) in [4.78, 5) is 23.9. The van der Waals surface area contributed by atoms with Gasteiger partial charge in [-0.1, -0.05) is 12.1 Å². The van der Waals surface area contributed by atoms with E-state index in [1.165, 1.54) is 5.56 Å². The topological polar surface area (TPSA) is 106 Å². The van der Waals surface area contributed by atoms with E-state index < -0.39 is 21.7 Å². The summed E-state index contributed by atoms with van der Waals surface area (Å²) in [6.45, 7) is 1.68. The van der Waals surface area contributed by atoms with Crippen LogP contribution in [0.1, 0.15) is 39.9 Å². The van der Waals surface area contributed by atoms with Gasteiger partial charge in [-0.25, -0.2) is 8.42 Å². The second-order valence-corrected chi connectivity index (χ2v) is 8.85. The summed E-state index contributed by atoms with van der Waals surface area (Å²) in [5, 5.41) is 2.66. The molecular weight excluding hydrogens is 364 g/mol. The first-order valence-electron chi connectivity index (χ1n) is 8.82. The molecule has 3 N–H and O–H groups in total. The van der Waals surface area contributed by atoms with Crippen molar-refractivity contribution in [2.75, 3.05) is 11.1 Å². The molecule has 0 fully saturated rings. The van der Waals surface area contributed by atoms with Crippen molar-refractivity contribution in [1.82, 2.24) is 0 Å². The Morgan fingerprint density at radius 3 is 2.59 bits per heavy atom. The Morgan fingerprint density at radius 1 is 1.11 bits per heavy atom. The Kier molecular flexibility index (Phi) is 5.32. The van der Waals surface area contributed by atoms with Gasteiger partial charge in [-0.05, 0) is 67.1 Å². The molecule has 0 spiro atoms. The minimum atomic E-state index is -3.54. The monoisotopic (exact) mass is 386 g/mol. The third-order valence-corrected chi connectivity index (χ3v) is 6.61. The van der Waals surface area contributed by atoms with E-state index >= 15 is 0 Å². The van der Waals surface area contributed by atoms with E-state index in [1.54, 1.807) is 37.3 Å². The highest BCUT2D eigenvalue weighted by Gasteiger charge is 2.20. The number of primary amides is 1. The first-order valence-corrected chi connectivity index (χ1v) is 10.5. The summed E-state index contributed by atoms with van der Waals surface area (Å²) >= 11 is 0. The lowest BCUT2D eigenvalue weighted by Gasteiger charge is -2.11. The molecule has 0 heterocycles. The fraction of sp³-hybridized carbons (Fsp3) is 0.300. The van der Waals surface area contributed by atoms with Crippen LogP contribution in [0.25, 0.3) is 0 Å². The molecule has 0 radical (unpaired) electrons. The zero-order valence-electron chi connectivity index (χ0n) is 15.1. The van der Waals surface area contributed by atoms with E-state index in [9.17, 15) is 18.0 Å². The largest absolute Gasteiger partial charge is 0.366 e. The minimum Gasteiger partial charge on any atom is -0.366 e. The van der Waals surface area contributed by atoms with Gasteiger partial charge in [0.05, 0.1) is 10.6 Å². The molecule has 2 aromatic rings. The number of rotatable bonds is 6. The summed E-state index contributed by atoms with van der Waals surface area (Å²) in [5.74, 6) is -1.28. The van der Waals surface area contributed by atoms with Crippen LogP contribution in [0.3, 0.4) is 0 Å². The molecule has 0 saturated carbocycles. The summed E-state index contributed by atoms with van der Waals surface area (Å²) < 4.78 is 25.1. The highest BCUT2D eigenvalue weighted by molar-refractivity contribution is 7.91. The lowest BCUT2D eigenvalue weighted by molar-refractivity contribution is -0.115. The lowest BCUT2D eigenvalue weighted by atomic mass is 10.1. The number of carbonyl (C=O) groups excluding carboxylic acids is 2. The zero-order chi connectivity index (χ0) is 19.6. The van der Waals surface area contributed by atoms with Gasteiger partial charge in [0.2, 0.25) is 11.8 Å². The van der Waals surface area contributed by atoms with E-state index in [-0.39, 0.29) is 17.1 Å². The Labute approximate surface area is 158 Å². The van der Waals surface area contributed by atoms with Gasteiger partial charge >= 0.3 is 0 Å². The molecule has 0 bridgehead atoms. The minimum absolute atomic E-state index is 0.167. The van der Waals surface area contributed by atoms with Crippen molar-refractivity contribution in [3.8, 4) is 0 Å². The molecule has 0 unspecified atom stereocenters. The molecule has 2 aromatic carbocycles. The van der Waals surface area contributed by atoms with Crippen LogP contribution in [-0.2, 0) is 27.5 Å². The average Bonchev–Trinajstić information content (AvgIpc) is 3.09. The molecule has 27 heavy (non-hydrogen) atoms. The molecular formula is C20H22N2O4S. The Morgan fingerprint density at radius 2 is 1.85 bits per heavy atom. The van der Waals surface area contributed by atoms with Gasteiger partial charge in [0.15, 0.2) is 9.84 Å². The number of hydrogen-bond donors (Lipinski definition) is 2. The van der Waals surface area contributed by atoms with Gasteiger partial charge < -0.3 is 11.1 Å². The van der Waals surface area contributed by atoms with Gasteiger partial charge in [0, 0.05) is 17.7 Å². The maximum absolute atomic E-state index is 12.6. The summed E-state index contributed by atoms with van der Waals surface area (Å²) in [6, 6.07) is 10.1. The number of nitrogens with two attached hydrogens (primary N) is 1. The van der Waals surface area contributed by atoms with E-state index in [4.69, 9.17) is 5.73 Å². The smallest absolute Gasteiger partial charge is 0.249 e. The standard InChI is InChI=1S/C20H22N2O4S/c1-13-17(20(21)24)6-3-7-18(13)22-19(23)10-11-27(25,26)16-9-8-14-4-2-5-15(14)12-16/h3,6-9,12H,2,4-5,10-11H2,1H3,(H2,21,24)(H,22,23). The Hall–Kier alpha value is -2.67. The second kappa shape index (κ2) is 7.52. The highest BCUT2D eigenvalue weighted by Crippen LogP contribution is 2.25. The van der Waals surface area contributed by atoms with Gasteiger partial charge in [0.25, 0.3) is 0 Å². The maximum atomic E-state index is 12.6. The van der Waals surface area contributed by atoms with E-state index in [0.717, 1.165) is 24.8 Å². The first-order chi connectivity index (χ1) is 12.8. The van der Waals surface area contributed by atoms with Crippen LogP contribution in [0.5, 0.6) is 0 Å². The van der Waals surface area contributed by atoms with Crippen molar-refractivity contribution in [1.29, 1.82) is 0 Å². The van der Waals surface area contributed by atoms with Gasteiger partial charge in [-0.15, -0.1) is 0 Å². The van der Waals surface area contributed by atoms with Crippen LogP contribution in [0.4, 0.5) is 5.69 Å². The van der Waals surface area contributed by atoms with Gasteiger partial charge in [-0.2, -0.15) is 0 Å². The van der Waals surface area contributed by atoms with Crippen LogP contribution in [-0.4, -0.2) is 26.0 Å². The molecule has 2 amide bonds. The SMILES string of the molecule is Cc1c(NC(=O)CCS(=O)(=O)c2ccc3c(c2)CCC3)cccc1C(N)=O. The second-order valence-electron chi connectivity index (χ2n) is 6.74. The zero-order valence-corrected chi connectivity index (χ0v) is 15.9. The summed E-state index contributed by atoms with van der Waals surface area (Å²) in [7, 11) is -3.54. The highest BCUT2D eigenvalue weighted by atomic mass is 32.2. The third kappa shape index (κ3) is 4.19.